The van der Waals surface area contributed by atoms with Crippen molar-refractivity contribution in [2.75, 3.05) is 4.90 Å². The number of allylic oxidation sites excluding steroid dienone is 1. The van der Waals surface area contributed by atoms with Crippen LogP contribution in [0.4, 0.5) is 5.69 Å². The number of nitrogens with zero attached hydrogens (tertiary/aromatic N) is 1. The van der Waals surface area contributed by atoms with Crippen LogP contribution in [0.15, 0.2) is 71.2 Å². The third kappa shape index (κ3) is 3.35. The number of benzene rings is 3. The van der Waals surface area contributed by atoms with Gasteiger partial charge in [0.25, 0.3) is 0 Å². The minimum atomic E-state index is -0.325. The normalized spacial score (nSPS) is 27.3. The van der Waals surface area contributed by atoms with E-state index in [-0.39, 0.29) is 30.6 Å². The van der Waals surface area contributed by atoms with Gasteiger partial charge >= 0.3 is 0 Å². The quantitative estimate of drug-likeness (QED) is 0.297. The van der Waals surface area contributed by atoms with Gasteiger partial charge in [0.2, 0.25) is 0 Å². The second-order valence-corrected chi connectivity index (χ2v) is 11.2. The minimum absolute atomic E-state index is 0.0196. The van der Waals surface area contributed by atoms with Gasteiger partial charge in [-0.05, 0) is 61.4 Å². The SMILES string of the molecule is CC(C)CC1=CC2c3ccccc3[C@@H](C3OC(C)CC(C)O3)N2c2cc3oc4ccccc4c3cc21. The van der Waals surface area contributed by atoms with Crippen molar-refractivity contribution in [1.29, 1.82) is 0 Å². The van der Waals surface area contributed by atoms with Crippen molar-refractivity contribution in [1.82, 2.24) is 0 Å². The molecule has 7 rings (SSSR count). The summed E-state index contributed by atoms with van der Waals surface area (Å²) in [4.78, 5) is 2.53. The fourth-order valence-corrected chi connectivity index (χ4v) is 6.62. The standard InChI is InChI=1S/C32H33NO3/c1-18(2)13-21-15-27-22-9-5-6-11-24(22)31(32-34-19(3)14-20(4)35-32)33(27)28-17-30-26(16-25(21)28)23-10-7-8-12-29(23)36-30/h5-12,15-20,27,31-32H,13-14H2,1-4H3/t19?,20?,27?,31-,32?/m0/s1. The van der Waals surface area contributed by atoms with Crippen LogP contribution < -0.4 is 4.90 Å². The van der Waals surface area contributed by atoms with Crippen LogP contribution >= 0.6 is 0 Å². The Bertz CT molecular complexity index is 1490. The van der Waals surface area contributed by atoms with Crippen molar-refractivity contribution in [3.05, 3.63) is 83.4 Å². The molecule has 0 bridgehead atoms. The molecule has 0 N–H and O–H groups in total. The Labute approximate surface area is 212 Å². The predicted molar refractivity (Wildman–Crippen MR) is 145 cm³/mol. The average molecular weight is 480 g/mol. The highest BCUT2D eigenvalue weighted by Gasteiger charge is 2.47. The lowest BCUT2D eigenvalue weighted by molar-refractivity contribution is -0.243. The maximum atomic E-state index is 6.48. The summed E-state index contributed by atoms with van der Waals surface area (Å²) in [5, 5.41) is 2.35. The molecule has 4 nitrogen and oxygen atoms in total. The van der Waals surface area contributed by atoms with Gasteiger partial charge in [-0.3, -0.25) is 0 Å². The van der Waals surface area contributed by atoms with E-state index in [0.29, 0.717) is 5.92 Å². The van der Waals surface area contributed by atoms with E-state index in [2.05, 4.69) is 93.3 Å². The lowest BCUT2D eigenvalue weighted by Crippen LogP contribution is -2.44. The van der Waals surface area contributed by atoms with E-state index in [4.69, 9.17) is 13.9 Å². The van der Waals surface area contributed by atoms with Crippen LogP contribution in [0.5, 0.6) is 0 Å². The molecule has 4 heterocycles. The minimum Gasteiger partial charge on any atom is -0.456 e. The first-order chi connectivity index (χ1) is 17.5. The van der Waals surface area contributed by atoms with Gasteiger partial charge < -0.3 is 18.8 Å². The van der Waals surface area contributed by atoms with Crippen LogP contribution in [-0.2, 0) is 9.47 Å². The Morgan fingerprint density at radius 1 is 0.861 bits per heavy atom. The van der Waals surface area contributed by atoms with Crippen LogP contribution in [0.3, 0.4) is 0 Å². The molecule has 3 aliphatic rings. The first-order valence-corrected chi connectivity index (χ1v) is 13.3. The van der Waals surface area contributed by atoms with Crippen LogP contribution in [0.25, 0.3) is 27.5 Å². The molecule has 3 aliphatic heterocycles. The van der Waals surface area contributed by atoms with Gasteiger partial charge in [-0.1, -0.05) is 62.4 Å². The van der Waals surface area contributed by atoms with E-state index >= 15 is 0 Å². The zero-order valence-corrected chi connectivity index (χ0v) is 21.4. The van der Waals surface area contributed by atoms with Crippen molar-refractivity contribution in [3.63, 3.8) is 0 Å². The van der Waals surface area contributed by atoms with Crippen LogP contribution in [-0.4, -0.2) is 18.5 Å². The molecule has 0 spiro atoms. The predicted octanol–water partition coefficient (Wildman–Crippen LogP) is 8.17. The third-order valence-corrected chi connectivity index (χ3v) is 7.99. The fourth-order valence-electron chi connectivity index (χ4n) is 6.62. The number of anilines is 1. The Morgan fingerprint density at radius 2 is 1.58 bits per heavy atom. The van der Waals surface area contributed by atoms with Gasteiger partial charge in [-0.25, -0.2) is 0 Å². The first-order valence-electron chi connectivity index (χ1n) is 13.3. The third-order valence-electron chi connectivity index (χ3n) is 7.99. The Hall–Kier alpha value is -3.08. The number of para-hydroxylation sites is 1. The average Bonchev–Trinajstić information content (AvgIpc) is 3.37. The number of hydrogen-bond donors (Lipinski definition) is 0. The summed E-state index contributed by atoms with van der Waals surface area (Å²) in [6, 6.07) is 21.9. The second kappa shape index (κ2) is 8.22. The van der Waals surface area contributed by atoms with Crippen LogP contribution in [0.1, 0.15) is 69.3 Å². The molecule has 4 aromatic rings. The molecule has 184 valence electrons. The molecule has 4 heteroatoms. The van der Waals surface area contributed by atoms with Crippen molar-refractivity contribution in [2.45, 2.75) is 71.1 Å². The number of hydrogen-bond acceptors (Lipinski definition) is 4. The highest BCUT2D eigenvalue weighted by molar-refractivity contribution is 6.08. The lowest BCUT2D eigenvalue weighted by atomic mass is 9.88. The van der Waals surface area contributed by atoms with E-state index in [1.165, 1.54) is 38.7 Å². The van der Waals surface area contributed by atoms with E-state index < -0.39 is 0 Å². The largest absolute Gasteiger partial charge is 0.456 e. The van der Waals surface area contributed by atoms with Gasteiger partial charge in [-0.15, -0.1) is 0 Å². The van der Waals surface area contributed by atoms with Gasteiger partial charge in [-0.2, -0.15) is 0 Å². The number of furan rings is 1. The van der Waals surface area contributed by atoms with Crippen molar-refractivity contribution in [3.8, 4) is 0 Å². The Morgan fingerprint density at radius 3 is 2.36 bits per heavy atom. The van der Waals surface area contributed by atoms with E-state index in [0.717, 1.165) is 24.0 Å². The highest BCUT2D eigenvalue weighted by atomic mass is 16.7. The summed E-state index contributed by atoms with van der Waals surface area (Å²) >= 11 is 0. The Kier molecular flexibility index (Phi) is 5.06. The molecule has 0 aliphatic carbocycles. The van der Waals surface area contributed by atoms with Gasteiger partial charge in [0.15, 0.2) is 6.29 Å². The molecular formula is C32H33NO3. The van der Waals surface area contributed by atoms with Gasteiger partial charge in [0.1, 0.15) is 17.2 Å². The lowest BCUT2D eigenvalue weighted by Gasteiger charge is -2.43. The summed E-state index contributed by atoms with van der Waals surface area (Å²) < 4.78 is 19.3. The van der Waals surface area contributed by atoms with Crippen molar-refractivity contribution < 1.29 is 13.9 Å². The zero-order chi connectivity index (χ0) is 24.6. The Balaban J connectivity index is 1.46. The monoisotopic (exact) mass is 479 g/mol. The van der Waals surface area contributed by atoms with Crippen LogP contribution in [0, 0.1) is 5.92 Å². The van der Waals surface area contributed by atoms with E-state index in [1.807, 2.05) is 6.07 Å². The van der Waals surface area contributed by atoms with E-state index in [1.54, 1.807) is 0 Å². The molecule has 0 saturated carbocycles. The molecule has 3 unspecified atom stereocenters. The first kappa shape index (κ1) is 22.1. The molecule has 0 amide bonds. The topological polar surface area (TPSA) is 34.8 Å². The number of rotatable bonds is 3. The summed E-state index contributed by atoms with van der Waals surface area (Å²) in [5.41, 5.74) is 8.43. The molecule has 1 aromatic heterocycles. The van der Waals surface area contributed by atoms with Gasteiger partial charge in [0, 0.05) is 28.1 Å². The summed E-state index contributed by atoms with van der Waals surface area (Å²) in [6.07, 6.45) is 4.46. The highest BCUT2D eigenvalue weighted by Crippen LogP contribution is 2.55. The maximum Gasteiger partial charge on any atom is 0.182 e. The molecule has 1 saturated heterocycles. The summed E-state index contributed by atoms with van der Waals surface area (Å²) in [7, 11) is 0. The molecule has 1 fully saturated rings. The maximum absolute atomic E-state index is 6.48. The molecule has 36 heavy (non-hydrogen) atoms. The molecule has 3 aromatic carbocycles. The van der Waals surface area contributed by atoms with E-state index in [9.17, 15) is 0 Å². The van der Waals surface area contributed by atoms with Crippen molar-refractivity contribution in [2.24, 2.45) is 5.92 Å². The fraction of sp³-hybridized carbons (Fsp3) is 0.375. The molecule has 4 atom stereocenters. The summed E-state index contributed by atoms with van der Waals surface area (Å²) in [6.45, 7) is 8.92. The van der Waals surface area contributed by atoms with Crippen LogP contribution in [0.2, 0.25) is 0 Å². The number of fused-ring (bicyclic) bond motifs is 8. The van der Waals surface area contributed by atoms with Gasteiger partial charge in [0.05, 0.1) is 18.2 Å². The zero-order valence-electron chi connectivity index (χ0n) is 21.4. The molecule has 0 radical (unpaired) electrons. The second-order valence-electron chi connectivity index (χ2n) is 11.2. The molecular weight excluding hydrogens is 446 g/mol. The summed E-state index contributed by atoms with van der Waals surface area (Å²) in [5.74, 6) is 0.562. The van der Waals surface area contributed by atoms with Crippen molar-refractivity contribution >= 4 is 33.2 Å². The number of ether oxygens (including phenoxy) is 2. The smallest absolute Gasteiger partial charge is 0.182 e.